The number of para-hydroxylation sites is 2. The third-order valence-corrected chi connectivity index (χ3v) is 1.84. The minimum Gasteiger partial charge on any atom is -0.481 e. The van der Waals surface area contributed by atoms with Crippen molar-refractivity contribution in [3.8, 4) is 0 Å². The van der Waals surface area contributed by atoms with Gasteiger partial charge in [-0.2, -0.15) is 0 Å². The Morgan fingerprint density at radius 2 is 1.18 bits per heavy atom. The van der Waals surface area contributed by atoms with Crippen LogP contribution in [0, 0.1) is 0 Å². The second-order valence-electron chi connectivity index (χ2n) is 3.38. The van der Waals surface area contributed by atoms with Crippen LogP contribution in [-0.4, -0.2) is 11.1 Å². The lowest BCUT2D eigenvalue weighted by Gasteiger charge is -2.04. The molecule has 0 atom stereocenters. The standard InChI is InChI=1S/C12H11N.C2H4O2/c1-3-7-11(8-4-1)13-12-9-5-2-6-10-12;1-2(3)4/h1-10,13H;1H3,(H,3,4). The third-order valence-electron chi connectivity index (χ3n) is 1.84. The Balaban J connectivity index is 0.000000317. The quantitative estimate of drug-likeness (QED) is 0.828. The molecule has 0 aliphatic heterocycles. The molecule has 0 unspecified atom stereocenters. The topological polar surface area (TPSA) is 49.3 Å². The molecule has 2 rings (SSSR count). The number of rotatable bonds is 2. The van der Waals surface area contributed by atoms with E-state index in [-0.39, 0.29) is 0 Å². The van der Waals surface area contributed by atoms with Crippen LogP contribution in [0.3, 0.4) is 0 Å². The first kappa shape index (κ1) is 12.8. The first-order valence-corrected chi connectivity index (χ1v) is 5.25. The fourth-order valence-corrected chi connectivity index (χ4v) is 1.21. The van der Waals surface area contributed by atoms with Gasteiger partial charge in [0.05, 0.1) is 0 Å². The molecule has 2 aromatic carbocycles. The molecular weight excluding hydrogens is 214 g/mol. The van der Waals surface area contributed by atoms with E-state index in [9.17, 15) is 0 Å². The zero-order chi connectivity index (χ0) is 12.5. The number of carboxylic acids is 1. The van der Waals surface area contributed by atoms with Gasteiger partial charge in [-0.1, -0.05) is 36.4 Å². The molecular formula is C14H15NO2. The second kappa shape index (κ2) is 7.06. The molecule has 3 heteroatoms. The van der Waals surface area contributed by atoms with Crippen molar-refractivity contribution in [1.29, 1.82) is 0 Å². The van der Waals surface area contributed by atoms with Gasteiger partial charge in [-0.25, -0.2) is 0 Å². The van der Waals surface area contributed by atoms with Gasteiger partial charge in [0.25, 0.3) is 5.97 Å². The van der Waals surface area contributed by atoms with Crippen molar-refractivity contribution in [1.82, 2.24) is 0 Å². The molecule has 0 spiro atoms. The van der Waals surface area contributed by atoms with Crippen LogP contribution in [0.2, 0.25) is 0 Å². The molecule has 0 bridgehead atoms. The number of carbonyl (C=O) groups is 1. The van der Waals surface area contributed by atoms with E-state index in [0.717, 1.165) is 18.3 Å². The van der Waals surface area contributed by atoms with E-state index in [4.69, 9.17) is 9.90 Å². The van der Waals surface area contributed by atoms with Crippen LogP contribution >= 0.6 is 0 Å². The van der Waals surface area contributed by atoms with Crippen molar-refractivity contribution in [2.24, 2.45) is 0 Å². The first-order valence-electron chi connectivity index (χ1n) is 5.25. The number of hydrogen-bond acceptors (Lipinski definition) is 2. The zero-order valence-electron chi connectivity index (χ0n) is 9.63. The Kier molecular flexibility index (Phi) is 5.31. The van der Waals surface area contributed by atoms with Gasteiger partial charge >= 0.3 is 0 Å². The Bertz CT molecular complexity index is 399. The van der Waals surface area contributed by atoms with Gasteiger partial charge in [-0.15, -0.1) is 0 Å². The highest BCUT2D eigenvalue weighted by Crippen LogP contribution is 2.14. The van der Waals surface area contributed by atoms with Crippen molar-refractivity contribution in [3.05, 3.63) is 60.7 Å². The van der Waals surface area contributed by atoms with Crippen molar-refractivity contribution in [3.63, 3.8) is 0 Å². The Labute approximate surface area is 101 Å². The number of benzene rings is 2. The number of hydrogen-bond donors (Lipinski definition) is 2. The van der Waals surface area contributed by atoms with E-state index >= 15 is 0 Å². The highest BCUT2D eigenvalue weighted by molar-refractivity contribution is 5.63. The number of anilines is 2. The van der Waals surface area contributed by atoms with Gasteiger partial charge in [0.1, 0.15) is 0 Å². The molecule has 0 amide bonds. The molecule has 0 aliphatic carbocycles. The monoisotopic (exact) mass is 229 g/mol. The van der Waals surface area contributed by atoms with E-state index < -0.39 is 5.97 Å². The molecule has 0 fully saturated rings. The highest BCUT2D eigenvalue weighted by atomic mass is 16.4. The summed E-state index contributed by atoms with van der Waals surface area (Å²) in [7, 11) is 0. The largest absolute Gasteiger partial charge is 0.481 e. The Morgan fingerprint density at radius 1 is 0.882 bits per heavy atom. The van der Waals surface area contributed by atoms with Gasteiger partial charge in [-0.05, 0) is 24.3 Å². The molecule has 0 saturated carbocycles. The van der Waals surface area contributed by atoms with E-state index in [1.165, 1.54) is 0 Å². The average molecular weight is 229 g/mol. The first-order chi connectivity index (χ1) is 8.18. The summed E-state index contributed by atoms with van der Waals surface area (Å²) in [5.74, 6) is -0.833. The normalized spacial score (nSPS) is 8.76. The lowest BCUT2D eigenvalue weighted by atomic mass is 10.3. The predicted molar refractivity (Wildman–Crippen MR) is 69.5 cm³/mol. The van der Waals surface area contributed by atoms with Gasteiger partial charge in [0.2, 0.25) is 0 Å². The lowest BCUT2D eigenvalue weighted by molar-refractivity contribution is -0.134. The van der Waals surface area contributed by atoms with Gasteiger partial charge in [-0.3, -0.25) is 4.79 Å². The molecule has 88 valence electrons. The molecule has 3 nitrogen and oxygen atoms in total. The SMILES string of the molecule is CC(=O)O.c1ccc(Nc2ccccc2)cc1. The summed E-state index contributed by atoms with van der Waals surface area (Å²) in [4.78, 5) is 9.00. The molecule has 0 heterocycles. The zero-order valence-corrected chi connectivity index (χ0v) is 9.63. The van der Waals surface area contributed by atoms with E-state index in [2.05, 4.69) is 5.32 Å². The van der Waals surface area contributed by atoms with Crippen molar-refractivity contribution < 1.29 is 9.90 Å². The van der Waals surface area contributed by atoms with Gasteiger partial charge in [0, 0.05) is 18.3 Å². The summed E-state index contributed by atoms with van der Waals surface area (Å²) >= 11 is 0. The molecule has 0 aliphatic rings. The van der Waals surface area contributed by atoms with E-state index in [0.29, 0.717) is 0 Å². The molecule has 17 heavy (non-hydrogen) atoms. The molecule has 0 saturated heterocycles. The van der Waals surface area contributed by atoms with Crippen LogP contribution < -0.4 is 5.32 Å². The van der Waals surface area contributed by atoms with E-state index in [1.807, 2.05) is 60.7 Å². The van der Waals surface area contributed by atoms with Crippen molar-refractivity contribution >= 4 is 17.3 Å². The predicted octanol–water partition coefficient (Wildman–Crippen LogP) is 3.52. The van der Waals surface area contributed by atoms with Crippen LogP contribution in [0.5, 0.6) is 0 Å². The van der Waals surface area contributed by atoms with Gasteiger partial charge < -0.3 is 10.4 Å². The van der Waals surface area contributed by atoms with Gasteiger partial charge in [0.15, 0.2) is 0 Å². The Morgan fingerprint density at radius 3 is 1.47 bits per heavy atom. The molecule has 0 radical (unpaired) electrons. The maximum absolute atomic E-state index is 9.00. The summed E-state index contributed by atoms with van der Waals surface area (Å²) in [5.41, 5.74) is 2.24. The third kappa shape index (κ3) is 5.99. The molecule has 2 N–H and O–H groups in total. The maximum atomic E-state index is 9.00. The number of aliphatic carboxylic acids is 1. The van der Waals surface area contributed by atoms with Crippen molar-refractivity contribution in [2.45, 2.75) is 6.92 Å². The summed E-state index contributed by atoms with van der Waals surface area (Å²) in [6.07, 6.45) is 0. The van der Waals surface area contributed by atoms with Crippen molar-refractivity contribution in [2.75, 3.05) is 5.32 Å². The summed E-state index contributed by atoms with van der Waals surface area (Å²) in [5, 5.41) is 10.7. The van der Waals surface area contributed by atoms with Crippen LogP contribution in [0.1, 0.15) is 6.92 Å². The highest BCUT2D eigenvalue weighted by Gasteiger charge is 1.89. The molecule has 2 aromatic rings. The summed E-state index contributed by atoms with van der Waals surface area (Å²) in [6, 6.07) is 20.3. The average Bonchev–Trinajstić information content (AvgIpc) is 2.31. The van der Waals surface area contributed by atoms with E-state index in [1.54, 1.807) is 0 Å². The second-order valence-corrected chi connectivity index (χ2v) is 3.38. The molecule has 0 aromatic heterocycles. The minimum atomic E-state index is -0.833. The van der Waals surface area contributed by atoms with Crippen LogP contribution in [0.15, 0.2) is 60.7 Å². The van der Waals surface area contributed by atoms with Crippen LogP contribution in [0.4, 0.5) is 11.4 Å². The minimum absolute atomic E-state index is 0.833. The smallest absolute Gasteiger partial charge is 0.300 e. The lowest BCUT2D eigenvalue weighted by Crippen LogP contribution is -1.87. The Hall–Kier alpha value is -2.29. The fourth-order valence-electron chi connectivity index (χ4n) is 1.21. The summed E-state index contributed by atoms with van der Waals surface area (Å²) < 4.78 is 0. The van der Waals surface area contributed by atoms with Crippen LogP contribution in [0.25, 0.3) is 0 Å². The fraction of sp³-hybridized carbons (Fsp3) is 0.0714. The summed E-state index contributed by atoms with van der Waals surface area (Å²) in [6.45, 7) is 1.08. The number of carboxylic acid groups (broad SMARTS) is 1. The maximum Gasteiger partial charge on any atom is 0.300 e. The number of nitrogens with one attached hydrogen (secondary N) is 1. The van der Waals surface area contributed by atoms with Crippen LogP contribution in [-0.2, 0) is 4.79 Å².